The molecule has 0 aliphatic rings. The Morgan fingerprint density at radius 1 is 1.19 bits per heavy atom. The van der Waals surface area contributed by atoms with E-state index in [4.69, 9.17) is 4.74 Å². The van der Waals surface area contributed by atoms with E-state index < -0.39 is 0 Å². The summed E-state index contributed by atoms with van der Waals surface area (Å²) >= 11 is 2.19. The molecule has 0 fully saturated rings. The molecule has 0 radical (unpaired) electrons. The number of anilines is 1. The molecule has 0 aliphatic carbocycles. The lowest BCUT2D eigenvalue weighted by atomic mass is 10.1. The molecule has 0 unspecified atom stereocenters. The third-order valence-corrected chi connectivity index (χ3v) is 4.09. The Morgan fingerprint density at radius 2 is 1.95 bits per heavy atom. The van der Waals surface area contributed by atoms with E-state index in [-0.39, 0.29) is 12.5 Å². The molecule has 1 amide bonds. The van der Waals surface area contributed by atoms with Crippen molar-refractivity contribution in [1.29, 1.82) is 0 Å². The highest BCUT2D eigenvalue weighted by Gasteiger charge is 2.10. The van der Waals surface area contributed by atoms with Crippen molar-refractivity contribution in [3.8, 4) is 5.75 Å². The van der Waals surface area contributed by atoms with E-state index in [0.717, 1.165) is 32.6 Å². The second-order valence-corrected chi connectivity index (χ2v) is 5.89. The van der Waals surface area contributed by atoms with Gasteiger partial charge in [0, 0.05) is 5.69 Å². The molecule has 0 saturated carbocycles. The Morgan fingerprint density at radius 3 is 2.67 bits per heavy atom. The van der Waals surface area contributed by atoms with E-state index in [1.165, 1.54) is 0 Å². The summed E-state index contributed by atoms with van der Waals surface area (Å²) in [7, 11) is 0. The Balaban J connectivity index is 2.01. The molecule has 1 N–H and O–H groups in total. The summed E-state index contributed by atoms with van der Waals surface area (Å²) in [5, 5.41) is 2.95. The highest BCUT2D eigenvalue weighted by atomic mass is 127. The number of carbonyl (C=O) groups is 1. The molecule has 0 atom stereocenters. The Hall–Kier alpha value is -1.56. The maximum absolute atomic E-state index is 12.1. The van der Waals surface area contributed by atoms with Crippen LogP contribution in [0.5, 0.6) is 5.75 Å². The monoisotopic (exact) mass is 395 g/mol. The fourth-order valence-corrected chi connectivity index (χ4v) is 2.63. The number of amides is 1. The Labute approximate surface area is 138 Å². The summed E-state index contributed by atoms with van der Waals surface area (Å²) < 4.78 is 6.56. The van der Waals surface area contributed by atoms with Crippen molar-refractivity contribution in [3.05, 3.63) is 57.2 Å². The highest BCUT2D eigenvalue weighted by molar-refractivity contribution is 14.1. The van der Waals surface area contributed by atoms with Crippen molar-refractivity contribution in [2.45, 2.75) is 20.3 Å². The van der Waals surface area contributed by atoms with Gasteiger partial charge in [-0.3, -0.25) is 4.79 Å². The topological polar surface area (TPSA) is 38.3 Å². The molecular weight excluding hydrogens is 377 g/mol. The van der Waals surface area contributed by atoms with Crippen LogP contribution in [0.3, 0.4) is 0 Å². The predicted octanol–water partition coefficient (Wildman–Crippen LogP) is 4.18. The van der Waals surface area contributed by atoms with Crippen molar-refractivity contribution < 1.29 is 9.53 Å². The fraction of sp³-hybridized carbons (Fsp3) is 0.235. The van der Waals surface area contributed by atoms with Gasteiger partial charge in [0.05, 0.1) is 3.57 Å². The standard InChI is InChI=1S/C17H18INO2/c1-3-13-8-6-7-12(2)17(13)19-16(20)11-21-15-10-5-4-9-14(15)18/h4-10H,3,11H2,1-2H3,(H,19,20). The molecule has 0 spiro atoms. The van der Waals surface area contributed by atoms with Gasteiger partial charge in [0.15, 0.2) is 6.61 Å². The number of carbonyl (C=O) groups excluding carboxylic acids is 1. The molecule has 0 heterocycles. The number of halogens is 1. The minimum absolute atomic E-state index is 0.0114. The number of hydrogen-bond donors (Lipinski definition) is 1. The maximum atomic E-state index is 12.1. The summed E-state index contributed by atoms with van der Waals surface area (Å²) in [5.74, 6) is 0.590. The number of aryl methyl sites for hydroxylation is 2. The van der Waals surface area contributed by atoms with Gasteiger partial charge in [0.2, 0.25) is 0 Å². The van der Waals surface area contributed by atoms with Crippen molar-refractivity contribution >= 4 is 34.2 Å². The van der Waals surface area contributed by atoms with Crippen molar-refractivity contribution in [3.63, 3.8) is 0 Å². The minimum Gasteiger partial charge on any atom is -0.483 e. The molecule has 0 aromatic heterocycles. The lowest BCUT2D eigenvalue weighted by molar-refractivity contribution is -0.118. The van der Waals surface area contributed by atoms with E-state index in [2.05, 4.69) is 34.8 Å². The number of rotatable bonds is 5. The van der Waals surface area contributed by atoms with Crippen molar-refractivity contribution in [1.82, 2.24) is 0 Å². The quantitative estimate of drug-likeness (QED) is 0.772. The average Bonchev–Trinajstić information content (AvgIpc) is 2.48. The first-order valence-corrected chi connectivity index (χ1v) is 7.95. The molecule has 2 aromatic carbocycles. The second kappa shape index (κ2) is 7.45. The predicted molar refractivity (Wildman–Crippen MR) is 93.8 cm³/mol. The first-order valence-electron chi connectivity index (χ1n) is 6.87. The summed E-state index contributed by atoms with van der Waals surface area (Å²) in [6.07, 6.45) is 0.884. The molecule has 21 heavy (non-hydrogen) atoms. The molecule has 3 nitrogen and oxygen atoms in total. The maximum Gasteiger partial charge on any atom is 0.262 e. The first-order chi connectivity index (χ1) is 10.1. The largest absolute Gasteiger partial charge is 0.483 e. The summed E-state index contributed by atoms with van der Waals surface area (Å²) in [4.78, 5) is 12.1. The molecule has 0 bridgehead atoms. The first kappa shape index (κ1) is 15.8. The average molecular weight is 395 g/mol. The number of para-hydroxylation sites is 2. The van der Waals surface area contributed by atoms with Crippen LogP contribution in [0.15, 0.2) is 42.5 Å². The molecule has 0 aliphatic heterocycles. The van der Waals surface area contributed by atoms with Crippen LogP contribution in [0, 0.1) is 10.5 Å². The highest BCUT2D eigenvalue weighted by Crippen LogP contribution is 2.22. The van der Waals surface area contributed by atoms with E-state index in [9.17, 15) is 4.79 Å². The van der Waals surface area contributed by atoms with Crippen molar-refractivity contribution in [2.75, 3.05) is 11.9 Å². The van der Waals surface area contributed by atoms with Crippen LogP contribution in [0.25, 0.3) is 0 Å². The van der Waals surface area contributed by atoms with E-state index in [1.807, 2.05) is 49.4 Å². The van der Waals surface area contributed by atoms with Gasteiger partial charge in [-0.2, -0.15) is 0 Å². The zero-order valence-electron chi connectivity index (χ0n) is 12.2. The van der Waals surface area contributed by atoms with E-state index in [1.54, 1.807) is 0 Å². The summed E-state index contributed by atoms with van der Waals surface area (Å²) in [6.45, 7) is 4.08. The van der Waals surface area contributed by atoms with E-state index >= 15 is 0 Å². The summed E-state index contributed by atoms with van der Waals surface area (Å²) in [5.41, 5.74) is 3.10. The molecule has 2 aromatic rings. The lowest BCUT2D eigenvalue weighted by Crippen LogP contribution is -2.21. The van der Waals surface area contributed by atoms with Crippen LogP contribution < -0.4 is 10.1 Å². The second-order valence-electron chi connectivity index (χ2n) is 4.73. The Bertz CT molecular complexity index is 640. The zero-order valence-corrected chi connectivity index (χ0v) is 14.3. The number of benzene rings is 2. The molecule has 110 valence electrons. The zero-order chi connectivity index (χ0) is 15.2. The smallest absolute Gasteiger partial charge is 0.262 e. The summed E-state index contributed by atoms with van der Waals surface area (Å²) in [6, 6.07) is 13.7. The van der Waals surface area contributed by atoms with Gasteiger partial charge in [0.1, 0.15) is 5.75 Å². The van der Waals surface area contributed by atoms with Gasteiger partial charge in [-0.1, -0.05) is 37.3 Å². The SMILES string of the molecule is CCc1cccc(C)c1NC(=O)COc1ccccc1I. The van der Waals surface area contributed by atoms with Crippen LogP contribution in [-0.4, -0.2) is 12.5 Å². The van der Waals surface area contributed by atoms with Gasteiger partial charge in [-0.15, -0.1) is 0 Å². The fourth-order valence-electron chi connectivity index (χ4n) is 2.08. The third kappa shape index (κ3) is 4.20. The molecular formula is C17H18INO2. The third-order valence-electron chi connectivity index (χ3n) is 3.20. The van der Waals surface area contributed by atoms with Crippen molar-refractivity contribution in [2.24, 2.45) is 0 Å². The molecule has 2 rings (SSSR count). The van der Waals surface area contributed by atoms with Crippen LogP contribution in [0.1, 0.15) is 18.1 Å². The number of nitrogens with one attached hydrogen (secondary N) is 1. The molecule has 0 saturated heterocycles. The van der Waals surface area contributed by atoms with Gasteiger partial charge in [-0.25, -0.2) is 0 Å². The van der Waals surface area contributed by atoms with Crippen LogP contribution in [0.4, 0.5) is 5.69 Å². The van der Waals surface area contributed by atoms with Gasteiger partial charge in [-0.05, 0) is 59.2 Å². The molecule has 4 heteroatoms. The normalized spacial score (nSPS) is 10.2. The van der Waals surface area contributed by atoms with Crippen LogP contribution in [-0.2, 0) is 11.2 Å². The Kier molecular flexibility index (Phi) is 5.61. The lowest BCUT2D eigenvalue weighted by Gasteiger charge is -2.13. The van der Waals surface area contributed by atoms with Crippen LogP contribution >= 0.6 is 22.6 Å². The number of ether oxygens (including phenoxy) is 1. The van der Waals surface area contributed by atoms with Crippen LogP contribution in [0.2, 0.25) is 0 Å². The van der Waals surface area contributed by atoms with Gasteiger partial charge >= 0.3 is 0 Å². The minimum atomic E-state index is -0.140. The number of hydrogen-bond acceptors (Lipinski definition) is 2. The van der Waals surface area contributed by atoms with E-state index in [0.29, 0.717) is 0 Å². The van der Waals surface area contributed by atoms with Gasteiger partial charge in [0.25, 0.3) is 5.91 Å². The van der Waals surface area contributed by atoms with Gasteiger partial charge < -0.3 is 10.1 Å².